The van der Waals surface area contributed by atoms with Crippen LogP contribution >= 0.6 is 12.4 Å². The Morgan fingerprint density at radius 1 is 1.00 bits per heavy atom. The fourth-order valence-electron chi connectivity index (χ4n) is 2.49. The molecule has 0 atom stereocenters. The number of rotatable bonds is 5. The first-order chi connectivity index (χ1) is 12.7. The van der Waals surface area contributed by atoms with E-state index < -0.39 is 15.6 Å². The lowest BCUT2D eigenvalue weighted by atomic mass is 10.1. The van der Waals surface area contributed by atoms with Crippen LogP contribution in [0.2, 0.25) is 0 Å². The van der Waals surface area contributed by atoms with E-state index in [0.29, 0.717) is 23.8 Å². The number of benzene rings is 2. The molecule has 0 saturated carbocycles. The molecule has 3 N–H and O–H groups in total. The average Bonchev–Trinajstić information content (AvgIpc) is 3.10. The zero-order chi connectivity index (χ0) is 19.7. The van der Waals surface area contributed by atoms with Gasteiger partial charge in [-0.1, -0.05) is 29.4 Å². The highest BCUT2D eigenvalue weighted by Gasteiger charge is 2.22. The van der Waals surface area contributed by atoms with Crippen LogP contribution < -0.4 is 10.5 Å². The lowest BCUT2D eigenvalue weighted by Crippen LogP contribution is -2.40. The molecule has 3 rings (SSSR count). The number of hydrogen-bond acceptors (Lipinski definition) is 6. The van der Waals surface area contributed by atoms with Gasteiger partial charge in [0.1, 0.15) is 0 Å². The van der Waals surface area contributed by atoms with Gasteiger partial charge < -0.3 is 10.3 Å². The number of nitrogens with one attached hydrogen (secondary N) is 1. The van der Waals surface area contributed by atoms with Crippen LogP contribution in [-0.4, -0.2) is 24.1 Å². The van der Waals surface area contributed by atoms with Gasteiger partial charge in [-0.25, -0.2) is 13.1 Å². The number of halogens is 1. The molecular weight excluding hydrogens is 400 g/mol. The molecule has 0 bridgehead atoms. The van der Waals surface area contributed by atoms with Crippen molar-refractivity contribution in [2.75, 3.05) is 0 Å². The van der Waals surface area contributed by atoms with Crippen LogP contribution in [0, 0.1) is 0 Å². The second-order valence-electron chi connectivity index (χ2n) is 7.20. The monoisotopic (exact) mass is 422 g/mol. The Morgan fingerprint density at radius 3 is 2.11 bits per heavy atom. The second kappa shape index (κ2) is 8.40. The van der Waals surface area contributed by atoms with E-state index in [4.69, 9.17) is 10.3 Å². The molecule has 150 valence electrons. The molecular formula is C19H23ClN4O3S. The molecule has 1 heterocycles. The van der Waals surface area contributed by atoms with Crippen molar-refractivity contribution in [1.29, 1.82) is 0 Å². The minimum Gasteiger partial charge on any atom is -0.334 e. The third kappa shape index (κ3) is 5.17. The van der Waals surface area contributed by atoms with Crippen LogP contribution in [-0.2, 0) is 16.6 Å². The predicted molar refractivity (Wildman–Crippen MR) is 110 cm³/mol. The van der Waals surface area contributed by atoms with Crippen molar-refractivity contribution in [1.82, 2.24) is 14.9 Å². The largest absolute Gasteiger partial charge is 0.334 e. The second-order valence-corrected chi connectivity index (χ2v) is 8.89. The van der Waals surface area contributed by atoms with E-state index in [2.05, 4.69) is 14.9 Å². The molecule has 7 nitrogen and oxygen atoms in total. The first-order valence-corrected chi connectivity index (χ1v) is 9.94. The predicted octanol–water partition coefficient (Wildman–Crippen LogP) is 3.36. The summed E-state index contributed by atoms with van der Waals surface area (Å²) < 4.78 is 32.7. The van der Waals surface area contributed by atoms with E-state index in [9.17, 15) is 8.42 Å². The standard InChI is InChI=1S/C19H22N4O3S.ClH/c1-19(2,3)23-27(24,25)16-10-8-15(9-11-16)18-21-17(22-26-18)14-6-4-13(12-20)5-7-14;/h4-11,23H,12,20H2,1-3H3;1H. The number of nitrogens with zero attached hydrogens (tertiary/aromatic N) is 2. The van der Waals surface area contributed by atoms with Gasteiger partial charge in [-0.05, 0) is 50.6 Å². The van der Waals surface area contributed by atoms with Crippen molar-refractivity contribution in [2.24, 2.45) is 5.73 Å². The lowest BCUT2D eigenvalue weighted by molar-refractivity contribution is 0.432. The Kier molecular flexibility index (Phi) is 6.61. The first kappa shape index (κ1) is 22.0. The lowest BCUT2D eigenvalue weighted by Gasteiger charge is -2.20. The summed E-state index contributed by atoms with van der Waals surface area (Å²) >= 11 is 0. The Balaban J connectivity index is 0.00000280. The normalized spacial score (nSPS) is 11.9. The van der Waals surface area contributed by atoms with Gasteiger partial charge in [0, 0.05) is 23.2 Å². The van der Waals surface area contributed by atoms with E-state index in [1.807, 2.05) is 24.3 Å². The maximum Gasteiger partial charge on any atom is 0.258 e. The van der Waals surface area contributed by atoms with Crippen LogP contribution in [0.5, 0.6) is 0 Å². The number of sulfonamides is 1. The molecule has 0 fully saturated rings. The summed E-state index contributed by atoms with van der Waals surface area (Å²) in [6.07, 6.45) is 0. The summed E-state index contributed by atoms with van der Waals surface area (Å²) in [7, 11) is -3.59. The minimum absolute atomic E-state index is 0. The van der Waals surface area contributed by atoms with Crippen LogP contribution in [0.1, 0.15) is 26.3 Å². The summed E-state index contributed by atoms with van der Waals surface area (Å²) in [6, 6.07) is 13.9. The Labute approximate surface area is 170 Å². The van der Waals surface area contributed by atoms with Crippen LogP contribution in [0.25, 0.3) is 22.8 Å². The molecule has 0 saturated heterocycles. The summed E-state index contributed by atoms with van der Waals surface area (Å²) in [5.74, 6) is 0.778. The third-order valence-electron chi connectivity index (χ3n) is 3.73. The quantitative estimate of drug-likeness (QED) is 0.652. The van der Waals surface area contributed by atoms with Gasteiger partial charge in [0.15, 0.2) is 0 Å². The molecule has 28 heavy (non-hydrogen) atoms. The van der Waals surface area contributed by atoms with Crippen molar-refractivity contribution in [3.63, 3.8) is 0 Å². The summed E-state index contributed by atoms with van der Waals surface area (Å²) in [6.45, 7) is 5.84. The van der Waals surface area contributed by atoms with E-state index in [1.165, 1.54) is 12.1 Å². The van der Waals surface area contributed by atoms with Crippen LogP contribution in [0.3, 0.4) is 0 Å². The zero-order valence-electron chi connectivity index (χ0n) is 15.8. The molecule has 0 spiro atoms. The Hall–Kier alpha value is -2.26. The molecule has 2 aromatic carbocycles. The van der Waals surface area contributed by atoms with Crippen molar-refractivity contribution < 1.29 is 12.9 Å². The average molecular weight is 423 g/mol. The van der Waals surface area contributed by atoms with Gasteiger partial charge in [-0.2, -0.15) is 4.98 Å². The highest BCUT2D eigenvalue weighted by molar-refractivity contribution is 7.89. The maximum atomic E-state index is 12.4. The van der Waals surface area contributed by atoms with Crippen molar-refractivity contribution in [2.45, 2.75) is 37.8 Å². The fraction of sp³-hybridized carbons (Fsp3) is 0.263. The van der Waals surface area contributed by atoms with E-state index >= 15 is 0 Å². The van der Waals surface area contributed by atoms with Crippen molar-refractivity contribution in [3.8, 4) is 22.8 Å². The van der Waals surface area contributed by atoms with Gasteiger partial charge in [0.05, 0.1) is 4.90 Å². The first-order valence-electron chi connectivity index (χ1n) is 8.45. The molecule has 0 unspecified atom stereocenters. The minimum atomic E-state index is -3.59. The molecule has 9 heteroatoms. The van der Waals surface area contributed by atoms with Crippen LogP contribution in [0.4, 0.5) is 0 Å². The third-order valence-corrected chi connectivity index (χ3v) is 5.50. The molecule has 0 aliphatic carbocycles. The van der Waals surface area contributed by atoms with E-state index in [0.717, 1.165) is 11.1 Å². The van der Waals surface area contributed by atoms with E-state index in [1.54, 1.807) is 32.9 Å². The van der Waals surface area contributed by atoms with Crippen LogP contribution in [0.15, 0.2) is 57.9 Å². The highest BCUT2D eigenvalue weighted by atomic mass is 35.5. The van der Waals surface area contributed by atoms with Gasteiger partial charge in [0.25, 0.3) is 5.89 Å². The zero-order valence-corrected chi connectivity index (χ0v) is 17.5. The molecule has 0 aliphatic heterocycles. The van der Waals surface area contributed by atoms with Crippen molar-refractivity contribution in [3.05, 3.63) is 54.1 Å². The number of hydrogen-bond donors (Lipinski definition) is 2. The summed E-state index contributed by atoms with van der Waals surface area (Å²) in [5.41, 5.74) is 7.51. The smallest absolute Gasteiger partial charge is 0.258 e. The highest BCUT2D eigenvalue weighted by Crippen LogP contribution is 2.24. The Bertz CT molecular complexity index is 1020. The SMILES string of the molecule is CC(C)(C)NS(=O)(=O)c1ccc(-c2nc(-c3ccc(CN)cc3)no2)cc1.Cl. The molecule has 0 amide bonds. The van der Waals surface area contributed by atoms with Gasteiger partial charge in [-0.3, -0.25) is 0 Å². The van der Waals surface area contributed by atoms with Crippen molar-refractivity contribution >= 4 is 22.4 Å². The Morgan fingerprint density at radius 2 is 1.57 bits per heavy atom. The molecule has 3 aromatic rings. The van der Waals surface area contributed by atoms with Gasteiger partial charge in [0.2, 0.25) is 15.8 Å². The maximum absolute atomic E-state index is 12.4. The molecule has 0 radical (unpaired) electrons. The number of aromatic nitrogens is 2. The van der Waals surface area contributed by atoms with E-state index in [-0.39, 0.29) is 17.3 Å². The van der Waals surface area contributed by atoms with Gasteiger partial charge in [-0.15, -0.1) is 12.4 Å². The molecule has 1 aromatic heterocycles. The van der Waals surface area contributed by atoms with Gasteiger partial charge >= 0.3 is 0 Å². The molecule has 0 aliphatic rings. The summed E-state index contributed by atoms with van der Waals surface area (Å²) in [5, 5.41) is 3.99. The summed E-state index contributed by atoms with van der Waals surface area (Å²) in [4.78, 5) is 4.56. The fourth-order valence-corrected chi connectivity index (χ4v) is 3.90. The number of nitrogens with two attached hydrogens (primary N) is 1. The topological polar surface area (TPSA) is 111 Å².